The second-order valence-corrected chi connectivity index (χ2v) is 4.76. The number of aliphatic carboxylic acids is 1. The normalized spacial score (nSPS) is 12.3. The lowest BCUT2D eigenvalue weighted by Crippen LogP contribution is -2.20. The Labute approximate surface area is 113 Å². The van der Waals surface area contributed by atoms with E-state index in [9.17, 15) is 4.79 Å². The van der Waals surface area contributed by atoms with Gasteiger partial charge in [0.25, 0.3) is 0 Å². The van der Waals surface area contributed by atoms with E-state index in [0.29, 0.717) is 29.6 Å². The molecule has 1 rings (SSSR count). The van der Waals surface area contributed by atoms with Crippen LogP contribution in [0.5, 0.6) is 11.5 Å². The summed E-state index contributed by atoms with van der Waals surface area (Å²) >= 11 is 0. The van der Waals surface area contributed by atoms with Crippen LogP contribution in [0.4, 0.5) is 0 Å². The molecule has 0 spiro atoms. The van der Waals surface area contributed by atoms with E-state index in [2.05, 4.69) is 13.8 Å². The van der Waals surface area contributed by atoms with Crippen molar-refractivity contribution in [3.63, 3.8) is 0 Å². The van der Waals surface area contributed by atoms with Gasteiger partial charge in [0.2, 0.25) is 0 Å². The highest BCUT2D eigenvalue weighted by Crippen LogP contribution is 2.30. The average Bonchev–Trinajstić information content (AvgIpc) is 2.37. The van der Waals surface area contributed by atoms with Crippen molar-refractivity contribution in [2.45, 2.75) is 26.3 Å². The summed E-state index contributed by atoms with van der Waals surface area (Å²) < 4.78 is 10.8. The van der Waals surface area contributed by atoms with E-state index in [0.717, 1.165) is 6.42 Å². The Kier molecular flexibility index (Phi) is 5.63. The van der Waals surface area contributed by atoms with Gasteiger partial charge in [-0.15, -0.1) is 0 Å². The second kappa shape index (κ2) is 6.99. The van der Waals surface area contributed by atoms with Gasteiger partial charge in [-0.2, -0.15) is 0 Å². The monoisotopic (exact) mass is 267 g/mol. The minimum absolute atomic E-state index is 0.487. The van der Waals surface area contributed by atoms with E-state index < -0.39 is 12.0 Å². The SMILES string of the molecule is COc1cc([C@H](N)C(=O)O)ccc1OCCC(C)C. The zero-order chi connectivity index (χ0) is 14.4. The number of methoxy groups -OCH3 is 1. The van der Waals surface area contributed by atoms with Crippen molar-refractivity contribution in [3.05, 3.63) is 23.8 Å². The first-order valence-electron chi connectivity index (χ1n) is 6.24. The number of nitrogens with two attached hydrogens (primary N) is 1. The van der Waals surface area contributed by atoms with Crippen LogP contribution in [0.3, 0.4) is 0 Å². The van der Waals surface area contributed by atoms with Crippen LogP contribution in [-0.4, -0.2) is 24.8 Å². The summed E-state index contributed by atoms with van der Waals surface area (Å²) in [5, 5.41) is 8.87. The van der Waals surface area contributed by atoms with E-state index in [1.54, 1.807) is 18.2 Å². The molecule has 0 bridgehead atoms. The summed E-state index contributed by atoms with van der Waals surface area (Å²) in [5.74, 6) is 0.587. The third-order valence-corrected chi connectivity index (χ3v) is 2.77. The third-order valence-electron chi connectivity index (χ3n) is 2.77. The minimum Gasteiger partial charge on any atom is -0.493 e. The van der Waals surface area contributed by atoms with Crippen molar-refractivity contribution in [1.29, 1.82) is 0 Å². The molecule has 0 fully saturated rings. The molecular weight excluding hydrogens is 246 g/mol. The standard InChI is InChI=1S/C14H21NO4/c1-9(2)6-7-19-11-5-4-10(8-12(11)18-3)13(15)14(16)17/h4-5,8-9,13H,6-7,15H2,1-3H3,(H,16,17)/t13-/m0/s1. The maximum Gasteiger partial charge on any atom is 0.325 e. The zero-order valence-corrected chi connectivity index (χ0v) is 11.6. The molecule has 3 N–H and O–H groups in total. The van der Waals surface area contributed by atoms with Gasteiger partial charge in [-0.3, -0.25) is 4.79 Å². The number of benzene rings is 1. The molecule has 0 saturated carbocycles. The van der Waals surface area contributed by atoms with Crippen molar-refractivity contribution in [3.8, 4) is 11.5 Å². The summed E-state index contributed by atoms with van der Waals surface area (Å²) in [6, 6.07) is 3.88. The summed E-state index contributed by atoms with van der Waals surface area (Å²) in [5.41, 5.74) is 6.04. The van der Waals surface area contributed by atoms with Crippen molar-refractivity contribution >= 4 is 5.97 Å². The molecule has 1 atom stereocenters. The molecular formula is C14H21NO4. The van der Waals surface area contributed by atoms with Gasteiger partial charge in [0.1, 0.15) is 6.04 Å². The smallest absolute Gasteiger partial charge is 0.325 e. The van der Waals surface area contributed by atoms with Gasteiger partial charge in [-0.05, 0) is 30.0 Å². The van der Waals surface area contributed by atoms with Crippen molar-refractivity contribution < 1.29 is 19.4 Å². The number of carboxylic acids is 1. The zero-order valence-electron chi connectivity index (χ0n) is 11.6. The molecule has 0 aliphatic carbocycles. The van der Waals surface area contributed by atoms with Gasteiger partial charge >= 0.3 is 5.97 Å². The van der Waals surface area contributed by atoms with Crippen molar-refractivity contribution in [2.75, 3.05) is 13.7 Å². The quantitative estimate of drug-likeness (QED) is 0.791. The molecule has 5 nitrogen and oxygen atoms in total. The number of ether oxygens (including phenoxy) is 2. The molecule has 5 heteroatoms. The first kappa shape index (κ1) is 15.3. The van der Waals surface area contributed by atoms with Gasteiger partial charge in [0.05, 0.1) is 13.7 Å². The van der Waals surface area contributed by atoms with Crippen molar-refractivity contribution in [1.82, 2.24) is 0 Å². The third kappa shape index (κ3) is 4.44. The predicted molar refractivity (Wildman–Crippen MR) is 72.5 cm³/mol. The van der Waals surface area contributed by atoms with Gasteiger partial charge in [0, 0.05) is 0 Å². The molecule has 0 aliphatic heterocycles. The average molecular weight is 267 g/mol. The molecule has 106 valence electrons. The summed E-state index contributed by atoms with van der Waals surface area (Å²) in [6.45, 7) is 4.84. The number of carboxylic acid groups (broad SMARTS) is 1. The molecule has 19 heavy (non-hydrogen) atoms. The summed E-state index contributed by atoms with van der Waals surface area (Å²) in [4.78, 5) is 10.8. The van der Waals surface area contributed by atoms with Crippen LogP contribution in [0.15, 0.2) is 18.2 Å². The van der Waals surface area contributed by atoms with E-state index in [-0.39, 0.29) is 0 Å². The molecule has 0 aromatic heterocycles. The van der Waals surface area contributed by atoms with Crippen LogP contribution in [0, 0.1) is 5.92 Å². The lowest BCUT2D eigenvalue weighted by atomic mass is 10.1. The van der Waals surface area contributed by atoms with Gasteiger partial charge in [-0.25, -0.2) is 0 Å². The Balaban J connectivity index is 2.81. The van der Waals surface area contributed by atoms with Crippen LogP contribution >= 0.6 is 0 Å². The van der Waals surface area contributed by atoms with Crippen LogP contribution in [0.1, 0.15) is 31.9 Å². The Morgan fingerprint density at radius 1 is 1.37 bits per heavy atom. The van der Waals surface area contributed by atoms with Crippen LogP contribution in [0.25, 0.3) is 0 Å². The molecule has 1 aromatic carbocycles. The van der Waals surface area contributed by atoms with E-state index in [1.807, 2.05) is 0 Å². The van der Waals surface area contributed by atoms with Crippen LogP contribution in [-0.2, 0) is 4.79 Å². The summed E-state index contributed by atoms with van der Waals surface area (Å²) in [7, 11) is 1.51. The molecule has 0 aliphatic rings. The van der Waals surface area contributed by atoms with Gasteiger partial charge in [0.15, 0.2) is 11.5 Å². The molecule has 0 radical (unpaired) electrons. The molecule has 0 heterocycles. The molecule has 0 amide bonds. The van der Waals surface area contributed by atoms with Crippen LogP contribution < -0.4 is 15.2 Å². The topological polar surface area (TPSA) is 81.8 Å². The highest BCUT2D eigenvalue weighted by Gasteiger charge is 2.16. The van der Waals surface area contributed by atoms with E-state index in [4.69, 9.17) is 20.3 Å². The number of hydrogen-bond acceptors (Lipinski definition) is 4. The Bertz CT molecular complexity index is 431. The highest BCUT2D eigenvalue weighted by molar-refractivity contribution is 5.75. The number of rotatable bonds is 7. The minimum atomic E-state index is -1.07. The molecule has 0 saturated heterocycles. The number of carbonyl (C=O) groups is 1. The first-order valence-corrected chi connectivity index (χ1v) is 6.24. The molecule has 1 aromatic rings. The lowest BCUT2D eigenvalue weighted by molar-refractivity contribution is -0.138. The highest BCUT2D eigenvalue weighted by atomic mass is 16.5. The van der Waals surface area contributed by atoms with Crippen LogP contribution in [0.2, 0.25) is 0 Å². The maximum absolute atomic E-state index is 10.8. The number of hydrogen-bond donors (Lipinski definition) is 2. The Morgan fingerprint density at radius 2 is 2.05 bits per heavy atom. The van der Waals surface area contributed by atoms with Crippen molar-refractivity contribution in [2.24, 2.45) is 11.7 Å². The molecule has 0 unspecified atom stereocenters. The van der Waals surface area contributed by atoms with E-state index in [1.165, 1.54) is 7.11 Å². The van der Waals surface area contributed by atoms with E-state index >= 15 is 0 Å². The van der Waals surface area contributed by atoms with Gasteiger partial charge < -0.3 is 20.3 Å². The largest absolute Gasteiger partial charge is 0.493 e. The summed E-state index contributed by atoms with van der Waals surface area (Å²) in [6.07, 6.45) is 0.944. The fraction of sp³-hybridized carbons (Fsp3) is 0.500. The first-order chi connectivity index (χ1) is 8.95. The fourth-order valence-electron chi connectivity index (χ4n) is 1.54. The predicted octanol–water partition coefficient (Wildman–Crippen LogP) is 2.20. The fourth-order valence-corrected chi connectivity index (χ4v) is 1.54. The van der Waals surface area contributed by atoms with Gasteiger partial charge in [-0.1, -0.05) is 19.9 Å². The lowest BCUT2D eigenvalue weighted by Gasteiger charge is -2.14. The Morgan fingerprint density at radius 3 is 2.58 bits per heavy atom. The Hall–Kier alpha value is -1.75. The maximum atomic E-state index is 10.8. The second-order valence-electron chi connectivity index (χ2n) is 4.76.